The zero-order valence-corrected chi connectivity index (χ0v) is 21.8. The van der Waals surface area contributed by atoms with E-state index in [1.165, 1.54) is 0 Å². The van der Waals surface area contributed by atoms with Gasteiger partial charge < -0.3 is 9.47 Å². The van der Waals surface area contributed by atoms with Crippen LogP contribution in [0.1, 0.15) is 63.0 Å². The van der Waals surface area contributed by atoms with Gasteiger partial charge in [-0.25, -0.2) is 0 Å². The Hall–Kier alpha value is -2.63. The summed E-state index contributed by atoms with van der Waals surface area (Å²) < 4.78 is 11.0. The molecule has 0 bridgehead atoms. The Kier molecular flexibility index (Phi) is 7.67. The first kappa shape index (κ1) is 25.5. The third kappa shape index (κ3) is 5.17. The number of hydrogen-bond donors (Lipinski definition) is 0. The number of benzene rings is 2. The van der Waals surface area contributed by atoms with Crippen LogP contribution in [0.4, 0.5) is 0 Å². The molecule has 2 aromatic carbocycles. The van der Waals surface area contributed by atoms with Gasteiger partial charge in [-0.3, -0.25) is 14.6 Å². The van der Waals surface area contributed by atoms with E-state index in [1.54, 1.807) is 19.2 Å². The van der Waals surface area contributed by atoms with E-state index in [1.807, 2.05) is 51.1 Å². The number of halogens is 2. The van der Waals surface area contributed by atoms with E-state index in [-0.39, 0.29) is 23.8 Å². The lowest BCUT2D eigenvalue weighted by Gasteiger charge is -2.37. The van der Waals surface area contributed by atoms with E-state index in [2.05, 4.69) is 0 Å². The fourth-order valence-corrected chi connectivity index (χ4v) is 5.20. The van der Waals surface area contributed by atoms with E-state index < -0.39 is 11.8 Å². The lowest BCUT2D eigenvalue weighted by molar-refractivity contribution is -0.151. The van der Waals surface area contributed by atoms with Gasteiger partial charge in [0, 0.05) is 29.3 Å². The molecule has 5 nitrogen and oxygen atoms in total. The highest BCUT2D eigenvalue weighted by Crippen LogP contribution is 2.47. The summed E-state index contributed by atoms with van der Waals surface area (Å²) in [4.78, 5) is 31.8. The molecule has 184 valence electrons. The number of rotatable bonds is 6. The molecule has 0 saturated heterocycles. The van der Waals surface area contributed by atoms with Gasteiger partial charge in [-0.15, -0.1) is 0 Å². The Balaban J connectivity index is 1.77. The number of hydrogen-bond acceptors (Lipinski definition) is 5. The van der Waals surface area contributed by atoms with Gasteiger partial charge >= 0.3 is 5.97 Å². The van der Waals surface area contributed by atoms with Gasteiger partial charge in [0.1, 0.15) is 11.7 Å². The summed E-state index contributed by atoms with van der Waals surface area (Å²) in [5, 5.41) is 0.791. The molecule has 1 aliphatic heterocycles. The maximum absolute atomic E-state index is 13.7. The molecule has 0 amide bonds. The fourth-order valence-electron chi connectivity index (χ4n) is 4.90. The number of nitrogens with zero attached hydrogens (tertiary/aromatic N) is 1. The van der Waals surface area contributed by atoms with Crippen molar-refractivity contribution in [3.05, 3.63) is 74.9 Å². The number of methoxy groups -OCH3 is 1. The minimum Gasteiger partial charge on any atom is -0.497 e. The third-order valence-electron chi connectivity index (χ3n) is 6.92. The number of allylic oxidation sites excluding steroid dienone is 2. The highest BCUT2D eigenvalue weighted by molar-refractivity contribution is 6.42. The maximum atomic E-state index is 13.7. The molecular formula is C28H29Cl2NO4. The minimum absolute atomic E-state index is 0.00165. The van der Waals surface area contributed by atoms with Crippen LogP contribution in [0.15, 0.2) is 58.7 Å². The highest BCUT2D eigenvalue weighted by Gasteiger charge is 2.45. The van der Waals surface area contributed by atoms with Crippen LogP contribution in [0.2, 0.25) is 10.0 Å². The number of aliphatic imine (C=N–C) groups is 1. The minimum atomic E-state index is -0.707. The molecule has 0 spiro atoms. The van der Waals surface area contributed by atoms with Crippen LogP contribution in [-0.4, -0.2) is 30.7 Å². The zero-order chi connectivity index (χ0) is 25.3. The number of ketones is 1. The van der Waals surface area contributed by atoms with Crippen molar-refractivity contribution in [1.82, 2.24) is 0 Å². The van der Waals surface area contributed by atoms with Gasteiger partial charge in [0.15, 0.2) is 5.78 Å². The molecule has 0 fully saturated rings. The fraction of sp³-hybridized carbons (Fsp3) is 0.393. The highest BCUT2D eigenvalue weighted by atomic mass is 35.5. The average molecular weight is 514 g/mol. The van der Waals surface area contributed by atoms with Gasteiger partial charge in [0.25, 0.3) is 0 Å². The molecule has 1 aliphatic carbocycles. The van der Waals surface area contributed by atoms with Gasteiger partial charge in [-0.05, 0) is 68.0 Å². The molecule has 1 unspecified atom stereocenters. The van der Waals surface area contributed by atoms with Crippen LogP contribution in [-0.2, 0) is 14.3 Å². The average Bonchev–Trinajstić information content (AvgIpc) is 2.84. The Labute approximate surface area is 216 Å². The van der Waals surface area contributed by atoms with Crippen LogP contribution in [0.5, 0.6) is 5.75 Å². The first-order valence-electron chi connectivity index (χ1n) is 11.8. The SMILES string of the molecule is CC[C@H](C)OC(=O)C1C(C)=NC2=C(C(=O)C[C@H](c3ccc(OC)cc3)C2)[C@@H]1c1ccc(Cl)c(Cl)c1. The van der Waals surface area contributed by atoms with Crippen LogP contribution in [0, 0.1) is 5.92 Å². The molecule has 7 heteroatoms. The summed E-state index contributed by atoms with van der Waals surface area (Å²) in [6.45, 7) is 5.65. The molecule has 4 atom stereocenters. The molecule has 0 aromatic heterocycles. The summed E-state index contributed by atoms with van der Waals surface area (Å²) >= 11 is 12.5. The van der Waals surface area contributed by atoms with Crippen LogP contribution in [0.25, 0.3) is 0 Å². The van der Waals surface area contributed by atoms with Gasteiger partial charge in [-0.2, -0.15) is 0 Å². The summed E-state index contributed by atoms with van der Waals surface area (Å²) in [6.07, 6.45) is 1.41. The van der Waals surface area contributed by atoms with Crippen molar-refractivity contribution in [2.24, 2.45) is 10.9 Å². The standard InChI is InChI=1S/C28H29Cl2NO4/c1-5-15(2)35-28(33)25-16(3)31-23-13-19(17-6-9-20(34-4)10-7-17)14-24(32)27(23)26(25)18-8-11-21(29)22(30)12-18/h6-12,15,19,25-26H,5,13-14H2,1-4H3/t15-,19+,25?,26+/m0/s1. The molecule has 0 saturated carbocycles. The van der Waals surface area contributed by atoms with Gasteiger partial charge in [-0.1, -0.05) is 48.3 Å². The second kappa shape index (κ2) is 10.5. The van der Waals surface area contributed by atoms with Gasteiger partial charge in [0.2, 0.25) is 0 Å². The molecule has 4 rings (SSSR count). The summed E-state index contributed by atoms with van der Waals surface area (Å²) in [6, 6.07) is 13.1. The lowest BCUT2D eigenvalue weighted by atomic mass is 9.69. The first-order chi connectivity index (χ1) is 16.7. The summed E-state index contributed by atoms with van der Waals surface area (Å²) in [7, 11) is 1.63. The van der Waals surface area contributed by atoms with Crippen molar-refractivity contribution in [2.45, 2.75) is 58.0 Å². The predicted octanol–water partition coefficient (Wildman–Crippen LogP) is 6.92. The maximum Gasteiger partial charge on any atom is 0.315 e. The van der Waals surface area contributed by atoms with Crippen molar-refractivity contribution in [3.63, 3.8) is 0 Å². The largest absolute Gasteiger partial charge is 0.497 e. The van der Waals surface area contributed by atoms with E-state index in [0.717, 1.165) is 22.6 Å². The van der Waals surface area contributed by atoms with Crippen molar-refractivity contribution in [1.29, 1.82) is 0 Å². The second-order valence-corrected chi connectivity index (χ2v) is 10.0. The predicted molar refractivity (Wildman–Crippen MR) is 139 cm³/mol. The van der Waals surface area contributed by atoms with E-state index in [9.17, 15) is 9.59 Å². The van der Waals surface area contributed by atoms with Crippen molar-refractivity contribution in [3.8, 4) is 5.75 Å². The number of Topliss-reactive ketones (excluding diaryl/α,β-unsaturated/α-hetero) is 1. The number of carbonyl (C=O) groups is 2. The monoisotopic (exact) mass is 513 g/mol. The normalized spacial score (nSPS) is 22.9. The van der Waals surface area contributed by atoms with Crippen LogP contribution < -0.4 is 4.74 Å². The molecule has 0 radical (unpaired) electrons. The summed E-state index contributed by atoms with van der Waals surface area (Å²) in [5.74, 6) is -0.861. The topological polar surface area (TPSA) is 65.0 Å². The van der Waals surface area contributed by atoms with Crippen LogP contribution >= 0.6 is 23.2 Å². The third-order valence-corrected chi connectivity index (χ3v) is 7.66. The Bertz CT molecular complexity index is 1200. The van der Waals surface area contributed by atoms with E-state index in [0.29, 0.717) is 40.6 Å². The molecular weight excluding hydrogens is 485 g/mol. The van der Waals surface area contributed by atoms with E-state index in [4.69, 9.17) is 37.7 Å². The molecule has 2 aliphatic rings. The van der Waals surface area contributed by atoms with Gasteiger partial charge in [0.05, 0.1) is 23.3 Å². The van der Waals surface area contributed by atoms with Crippen molar-refractivity contribution < 1.29 is 19.1 Å². The molecule has 1 heterocycles. The quantitative estimate of drug-likeness (QED) is 0.393. The number of carbonyl (C=O) groups excluding carboxylic acids is 2. The number of esters is 1. The Morgan fingerprint density at radius 3 is 2.40 bits per heavy atom. The molecule has 0 N–H and O–H groups in total. The van der Waals surface area contributed by atoms with Crippen LogP contribution in [0.3, 0.4) is 0 Å². The lowest BCUT2D eigenvalue weighted by Crippen LogP contribution is -2.39. The molecule has 2 aromatic rings. The van der Waals surface area contributed by atoms with Crippen molar-refractivity contribution in [2.75, 3.05) is 7.11 Å². The summed E-state index contributed by atoms with van der Waals surface area (Å²) in [5.41, 5.74) is 3.75. The Morgan fingerprint density at radius 1 is 1.09 bits per heavy atom. The number of ether oxygens (including phenoxy) is 2. The molecule has 35 heavy (non-hydrogen) atoms. The van der Waals surface area contributed by atoms with Crippen molar-refractivity contribution >= 4 is 40.7 Å². The Morgan fingerprint density at radius 2 is 1.77 bits per heavy atom. The smallest absolute Gasteiger partial charge is 0.315 e. The van der Waals surface area contributed by atoms with E-state index >= 15 is 0 Å². The first-order valence-corrected chi connectivity index (χ1v) is 12.6. The zero-order valence-electron chi connectivity index (χ0n) is 20.3. The second-order valence-electron chi connectivity index (χ2n) is 9.20.